The van der Waals surface area contributed by atoms with Crippen LogP contribution in [0.3, 0.4) is 0 Å². The minimum absolute atomic E-state index is 0.555. The number of carbonyl (C=O) groups is 1. The lowest BCUT2D eigenvalue weighted by molar-refractivity contribution is -0.383. The Labute approximate surface area is 165 Å². The Morgan fingerprint density at radius 2 is 1.66 bits per heavy atom. The number of β-amino-alcohol motifs (C(OH)–C–C–N with tert-alkyl or cyclic N) is 4. The molecule has 1 aromatic carbocycles. The fraction of sp³-hybridized carbons (Fsp3) is 0.556. The topological polar surface area (TPSA) is 154 Å². The van der Waals surface area contributed by atoms with E-state index in [-0.39, 0.29) is 0 Å². The number of hydrogen-bond acceptors (Lipinski definition) is 9. The summed E-state index contributed by atoms with van der Waals surface area (Å²) in [4.78, 5) is 12.7. The van der Waals surface area contributed by atoms with Crippen molar-refractivity contribution in [3.8, 4) is 6.07 Å². The molecule has 0 aliphatic carbocycles. The molecule has 1 aliphatic rings. The quantitative estimate of drug-likeness (QED) is 0.323. The summed E-state index contributed by atoms with van der Waals surface area (Å²) in [5.74, 6) is -10.1. The fourth-order valence-corrected chi connectivity index (χ4v) is 3.07. The fourth-order valence-electron chi connectivity index (χ4n) is 3.07. The minimum atomic E-state index is -3.34. The second-order valence-electron chi connectivity index (χ2n) is 8.01. The molecular formula is C18H22F2N2O7. The van der Waals surface area contributed by atoms with E-state index in [1.165, 1.54) is 26.8 Å². The molecule has 160 valence electrons. The van der Waals surface area contributed by atoms with Gasteiger partial charge in [0.2, 0.25) is 11.6 Å². The number of piperidine rings is 1. The zero-order valence-corrected chi connectivity index (χ0v) is 16.0. The molecule has 0 saturated carbocycles. The Bertz CT molecular complexity index is 841. The van der Waals surface area contributed by atoms with Gasteiger partial charge in [-0.05, 0) is 26.8 Å². The number of benzene rings is 1. The van der Waals surface area contributed by atoms with E-state index in [2.05, 4.69) is 0 Å². The van der Waals surface area contributed by atoms with Crippen molar-refractivity contribution in [3.63, 3.8) is 0 Å². The first-order chi connectivity index (χ1) is 13.0. The summed E-state index contributed by atoms with van der Waals surface area (Å²) < 4.78 is 33.1. The lowest BCUT2D eigenvalue weighted by Gasteiger charge is -2.53. The van der Waals surface area contributed by atoms with Gasteiger partial charge in [-0.3, -0.25) is 4.79 Å². The van der Waals surface area contributed by atoms with Crippen LogP contribution in [-0.2, 0) is 9.53 Å². The largest absolute Gasteiger partial charge is 0.460 e. The predicted molar refractivity (Wildman–Crippen MR) is 93.0 cm³/mol. The maximum Gasteiger partial charge on any atom is 0.309 e. The Morgan fingerprint density at radius 3 is 2.10 bits per heavy atom. The van der Waals surface area contributed by atoms with Gasteiger partial charge in [-0.1, -0.05) is 0 Å². The number of hydrogen-bond donors (Lipinski definition) is 5. The van der Waals surface area contributed by atoms with Gasteiger partial charge in [0.1, 0.15) is 23.3 Å². The van der Waals surface area contributed by atoms with E-state index < -0.39 is 71.1 Å². The molecule has 1 aromatic rings. The molecule has 0 unspecified atom stereocenters. The van der Waals surface area contributed by atoms with Crippen molar-refractivity contribution in [3.05, 3.63) is 29.3 Å². The summed E-state index contributed by atoms with van der Waals surface area (Å²) in [7, 11) is 0. The molecule has 9 nitrogen and oxygen atoms in total. The molecule has 0 amide bonds. The lowest BCUT2D eigenvalue weighted by atomic mass is 9.77. The monoisotopic (exact) mass is 416 g/mol. The van der Waals surface area contributed by atoms with Crippen LogP contribution in [0.5, 0.6) is 0 Å². The summed E-state index contributed by atoms with van der Waals surface area (Å²) in [6, 6.07) is 2.55. The van der Waals surface area contributed by atoms with Crippen LogP contribution in [0.1, 0.15) is 32.8 Å². The highest BCUT2D eigenvalue weighted by Gasteiger charge is 2.67. The third-order valence-corrected chi connectivity index (χ3v) is 4.47. The van der Waals surface area contributed by atoms with Crippen LogP contribution < -0.4 is 4.90 Å². The maximum atomic E-state index is 14.3. The molecule has 29 heavy (non-hydrogen) atoms. The second-order valence-corrected chi connectivity index (χ2v) is 8.01. The molecule has 0 atom stereocenters. The van der Waals surface area contributed by atoms with Gasteiger partial charge in [-0.25, -0.2) is 8.78 Å². The Hall–Kier alpha value is -2.36. The van der Waals surface area contributed by atoms with Crippen molar-refractivity contribution in [2.75, 3.05) is 18.0 Å². The van der Waals surface area contributed by atoms with Gasteiger partial charge in [-0.2, -0.15) is 5.26 Å². The van der Waals surface area contributed by atoms with Crippen LogP contribution in [0.25, 0.3) is 0 Å². The van der Waals surface area contributed by atoms with Gasteiger partial charge < -0.3 is 35.2 Å². The number of ether oxygens (including phenoxy) is 1. The summed E-state index contributed by atoms with van der Waals surface area (Å²) >= 11 is 0. The first-order valence-electron chi connectivity index (χ1n) is 8.51. The Morgan fingerprint density at radius 1 is 1.14 bits per heavy atom. The van der Waals surface area contributed by atoms with Crippen molar-refractivity contribution in [2.45, 2.75) is 50.0 Å². The lowest BCUT2D eigenvalue weighted by Crippen LogP contribution is -2.78. The number of rotatable bonds is 3. The molecule has 11 heteroatoms. The molecule has 5 N–H and O–H groups in total. The summed E-state index contributed by atoms with van der Waals surface area (Å²) in [6.07, 6.45) is -1.21. The molecule has 1 fully saturated rings. The third-order valence-electron chi connectivity index (χ3n) is 4.47. The van der Waals surface area contributed by atoms with Crippen LogP contribution in [0.15, 0.2) is 12.1 Å². The van der Waals surface area contributed by atoms with Crippen molar-refractivity contribution >= 4 is 11.7 Å². The van der Waals surface area contributed by atoms with Crippen LogP contribution in [0.4, 0.5) is 14.5 Å². The predicted octanol–water partition coefficient (Wildman–Crippen LogP) is -0.519. The SMILES string of the molecule is CC(C)(C)OC(=O)CC1(O)C(O)(O)CN(c2cc(F)c(C#N)cc2F)CC1(O)O. The zero-order chi connectivity index (χ0) is 22.4. The van der Waals surface area contributed by atoms with Gasteiger partial charge in [0.25, 0.3) is 0 Å². The normalized spacial score (nSPS) is 20.1. The van der Waals surface area contributed by atoms with Crippen molar-refractivity contribution in [1.82, 2.24) is 0 Å². The highest BCUT2D eigenvalue weighted by atomic mass is 19.1. The molecule has 0 bridgehead atoms. The highest BCUT2D eigenvalue weighted by molar-refractivity contribution is 5.72. The van der Waals surface area contributed by atoms with E-state index in [9.17, 15) is 39.1 Å². The highest BCUT2D eigenvalue weighted by Crippen LogP contribution is 2.41. The van der Waals surface area contributed by atoms with Gasteiger partial charge >= 0.3 is 5.97 Å². The van der Waals surface area contributed by atoms with E-state index in [1.54, 1.807) is 0 Å². The molecule has 1 saturated heterocycles. The van der Waals surface area contributed by atoms with Crippen molar-refractivity contribution < 1.29 is 43.8 Å². The molecule has 0 spiro atoms. The number of esters is 1. The Balaban J connectivity index is 2.40. The average Bonchev–Trinajstić information content (AvgIpc) is 2.52. The van der Waals surface area contributed by atoms with E-state index in [0.29, 0.717) is 17.0 Å². The number of anilines is 1. The van der Waals surface area contributed by atoms with Crippen molar-refractivity contribution in [2.24, 2.45) is 0 Å². The second kappa shape index (κ2) is 7.16. The molecular weight excluding hydrogens is 394 g/mol. The summed E-state index contributed by atoms with van der Waals surface area (Å²) in [5.41, 5.74) is -5.43. The maximum absolute atomic E-state index is 14.3. The Kier molecular flexibility index (Phi) is 5.66. The molecule has 2 rings (SSSR count). The van der Waals surface area contributed by atoms with Crippen LogP contribution in [0.2, 0.25) is 0 Å². The van der Waals surface area contributed by atoms with Gasteiger partial charge in [0.05, 0.1) is 30.8 Å². The number of nitrogens with zero attached hydrogens (tertiary/aromatic N) is 2. The number of nitriles is 1. The molecule has 0 aromatic heterocycles. The smallest absolute Gasteiger partial charge is 0.309 e. The average molecular weight is 416 g/mol. The molecule has 0 radical (unpaired) electrons. The summed E-state index contributed by atoms with van der Waals surface area (Å²) in [5, 5.41) is 60.7. The summed E-state index contributed by atoms with van der Waals surface area (Å²) in [6.45, 7) is 2.50. The first kappa shape index (κ1) is 22.9. The van der Waals surface area contributed by atoms with E-state index in [4.69, 9.17) is 10.00 Å². The minimum Gasteiger partial charge on any atom is -0.460 e. The van der Waals surface area contributed by atoms with Crippen LogP contribution >= 0.6 is 0 Å². The van der Waals surface area contributed by atoms with E-state index in [1.807, 2.05) is 0 Å². The van der Waals surface area contributed by atoms with Gasteiger partial charge in [0, 0.05) is 6.07 Å². The number of halogens is 2. The molecule has 1 heterocycles. The van der Waals surface area contributed by atoms with Gasteiger partial charge in [0.15, 0.2) is 5.60 Å². The molecule has 1 aliphatic heterocycles. The zero-order valence-electron chi connectivity index (χ0n) is 16.0. The van der Waals surface area contributed by atoms with Gasteiger partial charge in [-0.15, -0.1) is 0 Å². The number of aliphatic hydroxyl groups is 5. The van der Waals surface area contributed by atoms with Crippen LogP contribution in [0, 0.1) is 23.0 Å². The number of carbonyl (C=O) groups excluding carboxylic acids is 1. The van der Waals surface area contributed by atoms with Crippen molar-refractivity contribution in [1.29, 1.82) is 5.26 Å². The van der Waals surface area contributed by atoms with E-state index >= 15 is 0 Å². The van der Waals surface area contributed by atoms with Crippen LogP contribution in [-0.4, -0.2) is 67.4 Å². The first-order valence-corrected chi connectivity index (χ1v) is 8.51. The standard InChI is InChI=1S/C18H22F2N2O7/c1-15(2,3)29-14(23)6-16(24)17(25,26)8-22(9-18(16,27)28)13-5-11(19)10(7-21)4-12(13)20/h4-5,24-28H,6,8-9H2,1-3H3. The third kappa shape index (κ3) is 4.31. The van der Waals surface area contributed by atoms with E-state index in [0.717, 1.165) is 0 Å².